The van der Waals surface area contributed by atoms with Gasteiger partial charge in [0.2, 0.25) is 0 Å². The highest BCUT2D eigenvalue weighted by Gasteiger charge is 2.23. The number of rotatable bonds is 0. The van der Waals surface area contributed by atoms with Crippen molar-refractivity contribution in [2.75, 3.05) is 11.5 Å². The lowest BCUT2D eigenvalue weighted by molar-refractivity contribution is 1.56. The van der Waals surface area contributed by atoms with Gasteiger partial charge in [0.05, 0.1) is 8.47 Å². The molecule has 0 saturated carbocycles. The van der Waals surface area contributed by atoms with E-state index in [1.54, 1.807) is 0 Å². The Labute approximate surface area is 77.7 Å². The van der Waals surface area contributed by atoms with E-state index in [2.05, 4.69) is 6.58 Å². The van der Waals surface area contributed by atoms with Gasteiger partial charge in [-0.3, -0.25) is 0 Å². The number of hydrogen-bond donors (Lipinski definition) is 0. The lowest BCUT2D eigenvalue weighted by Gasteiger charge is -2.08. The molecule has 0 fully saturated rings. The summed E-state index contributed by atoms with van der Waals surface area (Å²) in [5.74, 6) is 2.54. The molecule has 0 nitrogen and oxygen atoms in total. The van der Waals surface area contributed by atoms with E-state index in [4.69, 9.17) is 0 Å². The van der Waals surface area contributed by atoms with E-state index in [0.29, 0.717) is 0 Å². The van der Waals surface area contributed by atoms with Crippen molar-refractivity contribution in [1.82, 2.24) is 0 Å². The van der Waals surface area contributed by atoms with Crippen LogP contribution in [0.1, 0.15) is 0 Å². The summed E-state index contributed by atoms with van der Waals surface area (Å²) in [6.45, 7) is 3.94. The normalized spacial score (nSPS) is 25.4. The average molecular weight is 206 g/mol. The quantitative estimate of drug-likeness (QED) is 0.594. The monoisotopic (exact) mass is 206 g/mol. The van der Waals surface area contributed by atoms with Crippen molar-refractivity contribution in [3.63, 3.8) is 0 Å². The summed E-state index contributed by atoms with van der Waals surface area (Å²) >= 11 is 7.63. The zero-order chi connectivity index (χ0) is 6.97. The Hall–Kier alpha value is 0.880. The molecule has 2 aliphatic heterocycles. The zero-order valence-corrected chi connectivity index (χ0v) is 8.52. The summed E-state index contributed by atoms with van der Waals surface area (Å²) in [4.78, 5) is 0. The van der Waals surface area contributed by atoms with Crippen molar-refractivity contribution in [1.29, 1.82) is 0 Å². The maximum absolute atomic E-state index is 3.94. The molecule has 0 aromatic rings. The fourth-order valence-electron chi connectivity index (χ4n) is 0.756. The van der Waals surface area contributed by atoms with Gasteiger partial charge in [-0.1, -0.05) is 30.1 Å². The molecule has 0 aromatic carbocycles. The maximum atomic E-state index is 3.94. The van der Waals surface area contributed by atoms with Crippen LogP contribution in [0.25, 0.3) is 0 Å². The summed E-state index contributed by atoms with van der Waals surface area (Å²) in [5, 5.41) is 0. The first-order chi connectivity index (χ1) is 4.86. The largest absolute Gasteiger partial charge is 0.116 e. The smallest absolute Gasteiger partial charge is 0.0659 e. The highest BCUT2D eigenvalue weighted by Crippen LogP contribution is 2.58. The van der Waals surface area contributed by atoms with Crippen molar-refractivity contribution < 1.29 is 0 Å². The van der Waals surface area contributed by atoms with E-state index in [0.717, 1.165) is 0 Å². The standard InChI is InChI=1S/C6H6S4/c1-4-9-5-6(10-4)8-3-2-7-5/h1-3H2. The Bertz CT molecular complexity index is 186. The van der Waals surface area contributed by atoms with Gasteiger partial charge in [-0.05, 0) is 0 Å². The third-order valence-corrected chi connectivity index (χ3v) is 6.60. The molecular formula is C6H6S4. The Morgan fingerprint density at radius 2 is 1.50 bits per heavy atom. The molecule has 54 valence electrons. The van der Waals surface area contributed by atoms with Crippen molar-refractivity contribution in [2.45, 2.75) is 0 Å². The van der Waals surface area contributed by atoms with Crippen LogP contribution in [0.5, 0.6) is 0 Å². The highest BCUT2D eigenvalue weighted by atomic mass is 32.3. The molecule has 0 bridgehead atoms. The van der Waals surface area contributed by atoms with Crippen LogP contribution in [0.2, 0.25) is 0 Å². The summed E-state index contributed by atoms with van der Waals surface area (Å²) in [6.07, 6.45) is 0. The van der Waals surface area contributed by atoms with Crippen LogP contribution in [0, 0.1) is 0 Å². The molecule has 0 amide bonds. The van der Waals surface area contributed by atoms with Crippen molar-refractivity contribution >= 4 is 47.0 Å². The molecule has 10 heavy (non-hydrogen) atoms. The minimum absolute atomic E-state index is 1.24. The summed E-state index contributed by atoms with van der Waals surface area (Å²) in [5.41, 5.74) is 0. The van der Waals surface area contributed by atoms with Crippen LogP contribution in [-0.2, 0) is 0 Å². The molecule has 0 radical (unpaired) electrons. The molecule has 2 rings (SSSR count). The van der Waals surface area contributed by atoms with E-state index >= 15 is 0 Å². The average Bonchev–Trinajstić information content (AvgIpc) is 2.27. The summed E-state index contributed by atoms with van der Waals surface area (Å²) < 4.78 is 4.23. The van der Waals surface area contributed by atoms with E-state index in [9.17, 15) is 0 Å². The Morgan fingerprint density at radius 3 is 2.00 bits per heavy atom. The molecule has 0 unspecified atom stereocenters. The van der Waals surface area contributed by atoms with Crippen molar-refractivity contribution in [2.24, 2.45) is 0 Å². The first-order valence-electron chi connectivity index (χ1n) is 2.91. The van der Waals surface area contributed by atoms with E-state index in [1.807, 2.05) is 47.0 Å². The van der Waals surface area contributed by atoms with Gasteiger partial charge in [-0.25, -0.2) is 0 Å². The molecule has 0 spiro atoms. The molecule has 0 atom stereocenters. The summed E-state index contributed by atoms with van der Waals surface area (Å²) in [7, 11) is 0. The maximum Gasteiger partial charge on any atom is 0.0659 e. The third-order valence-electron chi connectivity index (χ3n) is 1.13. The first kappa shape index (κ1) is 7.53. The van der Waals surface area contributed by atoms with Crippen LogP contribution in [-0.4, -0.2) is 11.5 Å². The molecule has 4 heteroatoms. The minimum Gasteiger partial charge on any atom is -0.116 e. The van der Waals surface area contributed by atoms with Gasteiger partial charge in [0, 0.05) is 15.7 Å². The second kappa shape index (κ2) is 3.09. The predicted molar refractivity (Wildman–Crippen MR) is 56.3 cm³/mol. The van der Waals surface area contributed by atoms with E-state index < -0.39 is 0 Å². The summed E-state index contributed by atoms with van der Waals surface area (Å²) in [6, 6.07) is 0. The second-order valence-corrected chi connectivity index (χ2v) is 7.04. The highest BCUT2D eigenvalue weighted by molar-refractivity contribution is 8.41. The lowest BCUT2D eigenvalue weighted by Crippen LogP contribution is -1.88. The van der Waals surface area contributed by atoms with E-state index in [1.165, 1.54) is 24.2 Å². The van der Waals surface area contributed by atoms with Gasteiger partial charge in [0.1, 0.15) is 0 Å². The zero-order valence-electron chi connectivity index (χ0n) is 5.25. The van der Waals surface area contributed by atoms with Gasteiger partial charge in [-0.15, -0.1) is 23.5 Å². The van der Waals surface area contributed by atoms with Crippen LogP contribution in [0.15, 0.2) is 19.3 Å². The van der Waals surface area contributed by atoms with Gasteiger partial charge in [0.25, 0.3) is 0 Å². The Kier molecular flexibility index (Phi) is 2.32. The van der Waals surface area contributed by atoms with Crippen molar-refractivity contribution in [3.8, 4) is 0 Å². The van der Waals surface area contributed by atoms with Crippen LogP contribution < -0.4 is 0 Å². The Morgan fingerprint density at radius 1 is 1.00 bits per heavy atom. The van der Waals surface area contributed by atoms with Crippen LogP contribution in [0.4, 0.5) is 0 Å². The predicted octanol–water partition coefficient (Wildman–Crippen LogP) is 3.54. The van der Waals surface area contributed by atoms with Crippen LogP contribution in [0.3, 0.4) is 0 Å². The van der Waals surface area contributed by atoms with Crippen LogP contribution >= 0.6 is 47.0 Å². The topological polar surface area (TPSA) is 0 Å². The van der Waals surface area contributed by atoms with Gasteiger partial charge < -0.3 is 0 Å². The lowest BCUT2D eigenvalue weighted by atomic mass is 11.0. The fraction of sp³-hybridized carbons (Fsp3) is 0.333. The minimum atomic E-state index is 1.24. The third kappa shape index (κ3) is 1.40. The molecule has 0 aliphatic carbocycles. The van der Waals surface area contributed by atoms with Gasteiger partial charge in [-0.2, -0.15) is 0 Å². The SMILES string of the molecule is C=C1SC2=C(SCCS2)S1. The fourth-order valence-corrected chi connectivity index (χ4v) is 6.38. The second-order valence-electron chi connectivity index (χ2n) is 1.85. The van der Waals surface area contributed by atoms with Gasteiger partial charge in [0.15, 0.2) is 0 Å². The van der Waals surface area contributed by atoms with Crippen molar-refractivity contribution in [3.05, 3.63) is 19.3 Å². The first-order valence-corrected chi connectivity index (χ1v) is 6.51. The number of thioether (sulfide) groups is 4. The molecular weight excluding hydrogens is 200 g/mol. The molecule has 2 heterocycles. The molecule has 2 aliphatic rings. The molecule has 0 saturated heterocycles. The molecule has 0 N–H and O–H groups in total. The number of hydrogen-bond acceptors (Lipinski definition) is 4. The Balaban J connectivity index is 2.20. The van der Waals surface area contributed by atoms with Gasteiger partial charge >= 0.3 is 0 Å². The molecule has 0 aromatic heterocycles. The van der Waals surface area contributed by atoms with E-state index in [-0.39, 0.29) is 0 Å².